The summed E-state index contributed by atoms with van der Waals surface area (Å²) in [4.78, 5) is 12.2. The van der Waals surface area contributed by atoms with Crippen LogP contribution >= 0.6 is 11.3 Å². The second kappa shape index (κ2) is 7.58. The van der Waals surface area contributed by atoms with Crippen molar-refractivity contribution in [2.45, 2.75) is 17.7 Å². The van der Waals surface area contributed by atoms with Crippen LogP contribution in [0.25, 0.3) is 11.5 Å². The zero-order chi connectivity index (χ0) is 17.7. The number of carbonyl (C=O) groups excluding carboxylic acids is 1. The highest BCUT2D eigenvalue weighted by atomic mass is 32.2. The third-order valence-electron chi connectivity index (χ3n) is 3.36. The predicted molar refractivity (Wildman–Crippen MR) is 94.0 cm³/mol. The van der Waals surface area contributed by atoms with Gasteiger partial charge in [-0.05, 0) is 30.0 Å². The van der Waals surface area contributed by atoms with Gasteiger partial charge in [0.2, 0.25) is 5.91 Å². The number of nitrogens with one attached hydrogen (secondary N) is 1. The van der Waals surface area contributed by atoms with Crippen LogP contribution in [0.5, 0.6) is 0 Å². The summed E-state index contributed by atoms with van der Waals surface area (Å²) in [5, 5.41) is 13.8. The van der Waals surface area contributed by atoms with Crippen LogP contribution in [0.1, 0.15) is 12.8 Å². The number of amides is 1. The van der Waals surface area contributed by atoms with Crippen molar-refractivity contribution >= 4 is 33.1 Å². The van der Waals surface area contributed by atoms with Gasteiger partial charge in [0.05, 0.1) is 10.6 Å². The van der Waals surface area contributed by atoms with Gasteiger partial charge in [0, 0.05) is 17.4 Å². The molecule has 2 heterocycles. The Labute approximate surface area is 148 Å². The van der Waals surface area contributed by atoms with E-state index in [1.807, 2.05) is 16.8 Å². The minimum absolute atomic E-state index is 0.00267. The first-order chi connectivity index (χ1) is 12.0. The molecule has 3 aromatic rings. The predicted octanol–water partition coefficient (Wildman–Crippen LogP) is 2.99. The van der Waals surface area contributed by atoms with Gasteiger partial charge in [0.1, 0.15) is 0 Å². The van der Waals surface area contributed by atoms with E-state index in [-0.39, 0.29) is 35.4 Å². The van der Waals surface area contributed by atoms with Crippen molar-refractivity contribution in [1.29, 1.82) is 0 Å². The van der Waals surface area contributed by atoms with E-state index in [2.05, 4.69) is 15.5 Å². The van der Waals surface area contributed by atoms with Crippen molar-refractivity contribution in [3.05, 3.63) is 47.2 Å². The van der Waals surface area contributed by atoms with E-state index < -0.39 is 9.84 Å². The number of hydrogen-bond acceptors (Lipinski definition) is 7. The second-order valence-electron chi connectivity index (χ2n) is 5.21. The van der Waals surface area contributed by atoms with E-state index in [1.54, 1.807) is 30.3 Å². The highest BCUT2D eigenvalue weighted by molar-refractivity contribution is 7.91. The zero-order valence-electron chi connectivity index (χ0n) is 13.1. The molecule has 0 atom stereocenters. The lowest BCUT2D eigenvalue weighted by atomic mass is 10.3. The Hall–Kier alpha value is -2.52. The van der Waals surface area contributed by atoms with Crippen molar-refractivity contribution in [2.24, 2.45) is 0 Å². The highest BCUT2D eigenvalue weighted by Crippen LogP contribution is 2.22. The topological polar surface area (TPSA) is 102 Å². The fourth-order valence-corrected chi connectivity index (χ4v) is 4.09. The summed E-state index contributed by atoms with van der Waals surface area (Å²) in [5.41, 5.74) is 0.784. The SMILES string of the molecule is O=C(CCCS(=O)(=O)c1ccccc1)Nc1nnc(-c2ccsc2)o1. The van der Waals surface area contributed by atoms with Crippen molar-refractivity contribution in [3.8, 4) is 11.5 Å². The molecule has 0 fully saturated rings. The van der Waals surface area contributed by atoms with Gasteiger partial charge in [-0.15, -0.1) is 5.10 Å². The van der Waals surface area contributed by atoms with Gasteiger partial charge >= 0.3 is 6.01 Å². The zero-order valence-corrected chi connectivity index (χ0v) is 14.7. The van der Waals surface area contributed by atoms with Crippen LogP contribution < -0.4 is 5.32 Å². The Balaban J connectivity index is 1.50. The lowest BCUT2D eigenvalue weighted by Crippen LogP contribution is -2.14. The maximum Gasteiger partial charge on any atom is 0.322 e. The first-order valence-corrected chi connectivity index (χ1v) is 10.1. The quantitative estimate of drug-likeness (QED) is 0.679. The molecule has 3 rings (SSSR count). The summed E-state index contributed by atoms with van der Waals surface area (Å²) in [6.07, 6.45) is 0.247. The second-order valence-corrected chi connectivity index (χ2v) is 8.10. The number of thiophene rings is 1. The van der Waals surface area contributed by atoms with Crippen LogP contribution in [0.2, 0.25) is 0 Å². The third kappa shape index (κ3) is 4.52. The summed E-state index contributed by atoms with van der Waals surface area (Å²) < 4.78 is 29.6. The largest absolute Gasteiger partial charge is 0.403 e. The molecule has 0 spiro atoms. The number of hydrogen-bond donors (Lipinski definition) is 1. The Morgan fingerprint density at radius 3 is 2.68 bits per heavy atom. The van der Waals surface area contributed by atoms with Gasteiger partial charge < -0.3 is 4.42 Å². The molecule has 25 heavy (non-hydrogen) atoms. The van der Waals surface area contributed by atoms with Gasteiger partial charge in [-0.1, -0.05) is 23.3 Å². The fraction of sp³-hybridized carbons (Fsp3) is 0.188. The average molecular weight is 377 g/mol. The standard InChI is InChI=1S/C16H15N3O4S2/c20-14(7-4-10-25(21,22)13-5-2-1-3-6-13)17-16-19-18-15(23-16)12-8-9-24-11-12/h1-3,5-6,8-9,11H,4,7,10H2,(H,17,19,20). The summed E-state index contributed by atoms with van der Waals surface area (Å²) >= 11 is 1.50. The molecular weight excluding hydrogens is 362 g/mol. The van der Waals surface area contributed by atoms with Crippen LogP contribution in [-0.2, 0) is 14.6 Å². The summed E-state index contributed by atoms with van der Waals surface area (Å²) in [6, 6.07) is 10.00. The molecule has 130 valence electrons. The molecule has 0 saturated heterocycles. The maximum atomic E-state index is 12.1. The molecule has 0 saturated carbocycles. The van der Waals surface area contributed by atoms with Crippen molar-refractivity contribution in [2.75, 3.05) is 11.1 Å². The minimum Gasteiger partial charge on any atom is -0.403 e. The van der Waals surface area contributed by atoms with Crippen LogP contribution in [0.4, 0.5) is 6.01 Å². The molecule has 0 aliphatic heterocycles. The number of rotatable bonds is 7. The third-order valence-corrected chi connectivity index (χ3v) is 5.86. The molecule has 1 N–H and O–H groups in total. The van der Waals surface area contributed by atoms with Crippen LogP contribution in [-0.4, -0.2) is 30.3 Å². The molecular formula is C16H15N3O4S2. The average Bonchev–Trinajstić information content (AvgIpc) is 3.27. The van der Waals surface area contributed by atoms with Crippen molar-refractivity contribution in [1.82, 2.24) is 10.2 Å². The molecule has 1 amide bonds. The molecule has 0 bridgehead atoms. The first-order valence-electron chi connectivity index (χ1n) is 7.48. The normalized spacial score (nSPS) is 11.4. The van der Waals surface area contributed by atoms with E-state index in [1.165, 1.54) is 11.3 Å². The smallest absolute Gasteiger partial charge is 0.322 e. The van der Waals surface area contributed by atoms with Crippen LogP contribution in [0.3, 0.4) is 0 Å². The van der Waals surface area contributed by atoms with Crippen molar-refractivity contribution < 1.29 is 17.6 Å². The fourth-order valence-electron chi connectivity index (χ4n) is 2.13. The van der Waals surface area contributed by atoms with Gasteiger partial charge in [-0.25, -0.2) is 8.42 Å². The molecule has 7 nitrogen and oxygen atoms in total. The van der Waals surface area contributed by atoms with Gasteiger partial charge in [0.15, 0.2) is 9.84 Å². The Morgan fingerprint density at radius 2 is 1.96 bits per heavy atom. The lowest BCUT2D eigenvalue weighted by molar-refractivity contribution is -0.116. The Morgan fingerprint density at radius 1 is 1.16 bits per heavy atom. The maximum absolute atomic E-state index is 12.1. The van der Waals surface area contributed by atoms with E-state index >= 15 is 0 Å². The van der Waals surface area contributed by atoms with Crippen molar-refractivity contribution in [3.63, 3.8) is 0 Å². The molecule has 0 unspecified atom stereocenters. The highest BCUT2D eigenvalue weighted by Gasteiger charge is 2.16. The molecule has 0 radical (unpaired) electrons. The molecule has 0 aliphatic rings. The lowest BCUT2D eigenvalue weighted by Gasteiger charge is -2.04. The minimum atomic E-state index is -3.38. The summed E-state index contributed by atoms with van der Waals surface area (Å²) in [6.45, 7) is 0. The summed E-state index contributed by atoms with van der Waals surface area (Å²) in [7, 11) is -3.38. The van der Waals surface area contributed by atoms with Gasteiger partial charge in [-0.2, -0.15) is 11.3 Å². The Kier molecular flexibility index (Phi) is 5.25. The number of nitrogens with zero attached hydrogens (tertiary/aromatic N) is 2. The molecule has 9 heteroatoms. The number of sulfone groups is 1. The van der Waals surface area contributed by atoms with E-state index in [9.17, 15) is 13.2 Å². The van der Waals surface area contributed by atoms with Gasteiger partial charge in [0.25, 0.3) is 5.89 Å². The van der Waals surface area contributed by atoms with E-state index in [4.69, 9.17) is 4.42 Å². The summed E-state index contributed by atoms with van der Waals surface area (Å²) in [5.74, 6) is -0.152. The molecule has 0 aliphatic carbocycles. The molecule has 1 aromatic carbocycles. The van der Waals surface area contributed by atoms with Crippen LogP contribution in [0.15, 0.2) is 56.5 Å². The number of anilines is 1. The van der Waals surface area contributed by atoms with Crippen LogP contribution in [0, 0.1) is 0 Å². The van der Waals surface area contributed by atoms with Gasteiger partial charge in [-0.3, -0.25) is 10.1 Å². The molecule has 2 aromatic heterocycles. The Bertz CT molecular complexity index is 935. The number of aromatic nitrogens is 2. The first kappa shape index (κ1) is 17.3. The van der Waals surface area contributed by atoms with E-state index in [0.717, 1.165) is 5.56 Å². The van der Waals surface area contributed by atoms with E-state index in [0.29, 0.717) is 5.89 Å². The monoisotopic (exact) mass is 377 g/mol. The number of carbonyl (C=O) groups is 1. The number of benzene rings is 1.